The molecular formula is C9H16ClNO2. The van der Waals surface area contributed by atoms with Crippen LogP contribution in [0.25, 0.3) is 0 Å². The molecule has 4 heteroatoms. The predicted molar refractivity (Wildman–Crippen MR) is 52.8 cm³/mol. The number of carbonyl (C=O) groups is 2. The number of hydrogen-bond donors (Lipinski definition) is 1. The number of hydrogen-bond acceptors (Lipinski definition) is 2. The van der Waals surface area contributed by atoms with Gasteiger partial charge in [-0.15, -0.1) is 11.6 Å². The Bertz CT molecular complexity index is 192. The van der Waals surface area contributed by atoms with E-state index >= 15 is 0 Å². The zero-order valence-corrected chi connectivity index (χ0v) is 9.02. The molecule has 0 spiro atoms. The molecule has 0 bridgehead atoms. The average Bonchev–Trinajstić information content (AvgIpc) is 2.00. The van der Waals surface area contributed by atoms with Crippen LogP contribution in [0, 0.1) is 5.92 Å². The van der Waals surface area contributed by atoms with E-state index in [9.17, 15) is 9.59 Å². The maximum Gasteiger partial charge on any atom is 0.217 e. The molecule has 0 aliphatic carbocycles. The van der Waals surface area contributed by atoms with Crippen molar-refractivity contribution < 1.29 is 9.59 Å². The van der Waals surface area contributed by atoms with Crippen molar-refractivity contribution in [1.82, 2.24) is 5.32 Å². The molecule has 76 valence electrons. The number of amides is 1. The Morgan fingerprint density at radius 2 is 1.92 bits per heavy atom. The lowest BCUT2D eigenvalue weighted by atomic mass is 10.0. The summed E-state index contributed by atoms with van der Waals surface area (Å²) >= 11 is 5.41. The lowest BCUT2D eigenvalue weighted by molar-refractivity contribution is -0.125. The van der Waals surface area contributed by atoms with Gasteiger partial charge < -0.3 is 5.32 Å². The van der Waals surface area contributed by atoms with E-state index in [2.05, 4.69) is 5.32 Å². The lowest BCUT2D eigenvalue weighted by Crippen LogP contribution is -2.41. The zero-order valence-electron chi connectivity index (χ0n) is 8.26. The van der Waals surface area contributed by atoms with Gasteiger partial charge in [-0.05, 0) is 12.3 Å². The molecule has 1 amide bonds. The average molecular weight is 206 g/mol. The maximum atomic E-state index is 11.2. The van der Waals surface area contributed by atoms with Crippen LogP contribution in [-0.2, 0) is 9.59 Å². The zero-order chi connectivity index (χ0) is 10.4. The molecule has 0 radical (unpaired) electrons. The van der Waals surface area contributed by atoms with Gasteiger partial charge in [0.15, 0.2) is 5.78 Å². The Labute approximate surface area is 83.8 Å². The van der Waals surface area contributed by atoms with Crippen LogP contribution in [0.4, 0.5) is 0 Å². The summed E-state index contributed by atoms with van der Waals surface area (Å²) in [5, 5.41) is 2.59. The Hall–Kier alpha value is -0.570. The molecule has 13 heavy (non-hydrogen) atoms. The molecule has 1 atom stereocenters. The van der Waals surface area contributed by atoms with Gasteiger partial charge in [0.1, 0.15) is 0 Å². The molecule has 0 fully saturated rings. The molecule has 0 aliphatic rings. The minimum Gasteiger partial charge on any atom is -0.346 e. The second-order valence-electron chi connectivity index (χ2n) is 3.48. The highest BCUT2D eigenvalue weighted by Gasteiger charge is 2.19. The number of carbonyl (C=O) groups excluding carboxylic acids is 2. The third-order valence-corrected chi connectivity index (χ3v) is 1.87. The first-order chi connectivity index (χ1) is 5.97. The first kappa shape index (κ1) is 12.4. The first-order valence-electron chi connectivity index (χ1n) is 4.33. The molecule has 0 heterocycles. The fourth-order valence-corrected chi connectivity index (χ4v) is 1.27. The lowest BCUT2D eigenvalue weighted by Gasteiger charge is -2.17. The molecule has 1 unspecified atom stereocenters. The molecule has 0 aromatic heterocycles. The summed E-state index contributed by atoms with van der Waals surface area (Å²) < 4.78 is 0. The highest BCUT2D eigenvalue weighted by molar-refractivity contribution is 6.28. The number of rotatable bonds is 5. The molecule has 0 rings (SSSR count). The maximum absolute atomic E-state index is 11.2. The van der Waals surface area contributed by atoms with Crippen molar-refractivity contribution in [1.29, 1.82) is 0 Å². The van der Waals surface area contributed by atoms with Crippen LogP contribution in [0.5, 0.6) is 0 Å². The number of halogens is 1. The number of nitrogens with one attached hydrogen (secondary N) is 1. The topological polar surface area (TPSA) is 46.2 Å². The van der Waals surface area contributed by atoms with Gasteiger partial charge in [-0.25, -0.2) is 0 Å². The van der Waals surface area contributed by atoms with Gasteiger partial charge in [-0.2, -0.15) is 0 Å². The molecule has 0 aliphatic heterocycles. The van der Waals surface area contributed by atoms with Crippen LogP contribution >= 0.6 is 11.6 Å². The van der Waals surface area contributed by atoms with E-state index < -0.39 is 6.04 Å². The smallest absolute Gasteiger partial charge is 0.217 e. The number of ketones is 1. The van der Waals surface area contributed by atoms with Crippen LogP contribution in [0.15, 0.2) is 0 Å². The summed E-state index contributed by atoms with van der Waals surface area (Å²) in [7, 11) is 0. The van der Waals surface area contributed by atoms with Crippen LogP contribution < -0.4 is 5.32 Å². The van der Waals surface area contributed by atoms with Crippen LogP contribution in [0.2, 0.25) is 0 Å². The van der Waals surface area contributed by atoms with Crippen molar-refractivity contribution >= 4 is 23.3 Å². The minimum atomic E-state index is -0.421. The van der Waals surface area contributed by atoms with E-state index in [1.54, 1.807) is 0 Å². The minimum absolute atomic E-state index is 0.0440. The third kappa shape index (κ3) is 5.64. The summed E-state index contributed by atoms with van der Waals surface area (Å²) in [6, 6.07) is -0.421. The fourth-order valence-electron chi connectivity index (χ4n) is 1.08. The van der Waals surface area contributed by atoms with Gasteiger partial charge in [0, 0.05) is 6.92 Å². The van der Waals surface area contributed by atoms with Gasteiger partial charge in [-0.3, -0.25) is 9.59 Å². The van der Waals surface area contributed by atoms with E-state index in [1.807, 2.05) is 13.8 Å². The van der Waals surface area contributed by atoms with Gasteiger partial charge in [0.25, 0.3) is 0 Å². The third-order valence-electron chi connectivity index (χ3n) is 1.60. The van der Waals surface area contributed by atoms with Crippen molar-refractivity contribution in [2.45, 2.75) is 33.2 Å². The van der Waals surface area contributed by atoms with Gasteiger partial charge >= 0.3 is 0 Å². The molecular weight excluding hydrogens is 190 g/mol. The van der Waals surface area contributed by atoms with Crippen LogP contribution in [0.1, 0.15) is 27.2 Å². The van der Waals surface area contributed by atoms with E-state index in [1.165, 1.54) is 6.92 Å². The van der Waals surface area contributed by atoms with E-state index in [0.717, 1.165) is 0 Å². The van der Waals surface area contributed by atoms with Crippen molar-refractivity contribution in [3.63, 3.8) is 0 Å². The highest BCUT2D eigenvalue weighted by Crippen LogP contribution is 2.06. The van der Waals surface area contributed by atoms with Gasteiger partial charge in [-0.1, -0.05) is 13.8 Å². The Balaban J connectivity index is 4.18. The molecule has 3 nitrogen and oxygen atoms in total. The fraction of sp³-hybridized carbons (Fsp3) is 0.778. The summed E-state index contributed by atoms with van der Waals surface area (Å²) in [5.74, 6) is 0.0104. The van der Waals surface area contributed by atoms with Gasteiger partial charge in [0.05, 0.1) is 11.9 Å². The standard InChI is InChI=1S/C9H16ClNO2/c1-6(2)4-8(9(13)5-10)11-7(3)12/h6,8H,4-5H2,1-3H3,(H,11,12). The highest BCUT2D eigenvalue weighted by atomic mass is 35.5. The number of alkyl halides is 1. The summed E-state index contributed by atoms with van der Waals surface area (Å²) in [5.41, 5.74) is 0. The largest absolute Gasteiger partial charge is 0.346 e. The quantitative estimate of drug-likeness (QED) is 0.689. The summed E-state index contributed by atoms with van der Waals surface area (Å²) in [6.45, 7) is 5.39. The molecule has 0 saturated heterocycles. The first-order valence-corrected chi connectivity index (χ1v) is 4.86. The van der Waals surface area contributed by atoms with Gasteiger partial charge in [0.2, 0.25) is 5.91 Å². The van der Waals surface area contributed by atoms with E-state index in [4.69, 9.17) is 11.6 Å². The van der Waals surface area contributed by atoms with Crippen LogP contribution in [0.3, 0.4) is 0 Å². The summed E-state index contributed by atoms with van der Waals surface area (Å²) in [4.78, 5) is 22.0. The van der Waals surface area contributed by atoms with Crippen molar-refractivity contribution in [3.05, 3.63) is 0 Å². The van der Waals surface area contributed by atoms with Crippen molar-refractivity contribution in [3.8, 4) is 0 Å². The second kappa shape index (κ2) is 5.97. The Kier molecular flexibility index (Phi) is 5.71. The van der Waals surface area contributed by atoms with Crippen molar-refractivity contribution in [2.24, 2.45) is 5.92 Å². The van der Waals surface area contributed by atoms with Crippen molar-refractivity contribution in [2.75, 3.05) is 5.88 Å². The van der Waals surface area contributed by atoms with Crippen LogP contribution in [-0.4, -0.2) is 23.6 Å². The Morgan fingerprint density at radius 1 is 1.38 bits per heavy atom. The monoisotopic (exact) mass is 205 g/mol. The molecule has 0 aromatic rings. The Morgan fingerprint density at radius 3 is 2.23 bits per heavy atom. The normalized spacial score (nSPS) is 12.7. The SMILES string of the molecule is CC(=O)NC(CC(C)C)C(=O)CCl. The summed E-state index contributed by atoms with van der Waals surface area (Å²) in [6.07, 6.45) is 0.644. The molecule has 0 saturated carbocycles. The van der Waals surface area contributed by atoms with E-state index in [-0.39, 0.29) is 17.6 Å². The second-order valence-corrected chi connectivity index (χ2v) is 3.75. The molecule has 1 N–H and O–H groups in total. The number of Topliss-reactive ketones (excluding diaryl/α,β-unsaturated/α-hetero) is 1. The molecule has 0 aromatic carbocycles. The van der Waals surface area contributed by atoms with E-state index in [0.29, 0.717) is 12.3 Å². The predicted octanol–water partition coefficient (Wildman–Crippen LogP) is 1.35.